The van der Waals surface area contributed by atoms with Crippen molar-refractivity contribution in [3.8, 4) is 0 Å². The number of aryl methyl sites for hydroxylation is 2. The van der Waals surface area contributed by atoms with Gasteiger partial charge in [0.15, 0.2) is 5.13 Å². The minimum absolute atomic E-state index is 0.193. The molecule has 0 bridgehead atoms. The molecule has 1 aliphatic heterocycles. The maximum absolute atomic E-state index is 12.3. The third-order valence-electron chi connectivity index (χ3n) is 5.46. The predicted octanol–water partition coefficient (Wildman–Crippen LogP) is 4.77. The van der Waals surface area contributed by atoms with Crippen molar-refractivity contribution < 1.29 is 4.79 Å². The number of carbonyl (C=O) groups is 1. The summed E-state index contributed by atoms with van der Waals surface area (Å²) in [5, 5.41) is 4.95. The third-order valence-corrected chi connectivity index (χ3v) is 7.28. The standard InChI is InChI=1S/C22H24Cl2N4OS/c1-14-3-4-15(2)20-19(14)26-22(30-20)28-11-9-27(10-12-28)8-7-25-21(29)17-13-16(23)5-6-18(17)24/h3-6,13H,7-12H2,1-2H3,(H,25,29). The fraction of sp³-hybridized carbons (Fsp3) is 0.364. The van der Waals surface area contributed by atoms with E-state index in [9.17, 15) is 4.79 Å². The minimum atomic E-state index is -0.193. The van der Waals surface area contributed by atoms with E-state index in [1.165, 1.54) is 15.8 Å². The summed E-state index contributed by atoms with van der Waals surface area (Å²) in [7, 11) is 0. The lowest BCUT2D eigenvalue weighted by Crippen LogP contribution is -2.48. The van der Waals surface area contributed by atoms with E-state index in [4.69, 9.17) is 28.2 Å². The van der Waals surface area contributed by atoms with Gasteiger partial charge in [0.1, 0.15) is 0 Å². The Kier molecular flexibility index (Phi) is 6.48. The number of carbonyl (C=O) groups excluding carboxylic acids is 1. The molecule has 0 aliphatic carbocycles. The van der Waals surface area contributed by atoms with Crippen molar-refractivity contribution in [2.45, 2.75) is 13.8 Å². The van der Waals surface area contributed by atoms with Gasteiger partial charge in [-0.1, -0.05) is 46.7 Å². The molecule has 4 rings (SSSR count). The van der Waals surface area contributed by atoms with Crippen LogP contribution in [-0.2, 0) is 0 Å². The maximum Gasteiger partial charge on any atom is 0.252 e. The first-order chi connectivity index (χ1) is 14.4. The second kappa shape index (κ2) is 9.10. The Morgan fingerprint density at radius 1 is 1.10 bits per heavy atom. The van der Waals surface area contributed by atoms with Gasteiger partial charge in [-0.25, -0.2) is 4.98 Å². The van der Waals surface area contributed by atoms with Gasteiger partial charge in [-0.2, -0.15) is 0 Å². The number of fused-ring (bicyclic) bond motifs is 1. The Labute approximate surface area is 190 Å². The molecule has 0 atom stereocenters. The highest BCUT2D eigenvalue weighted by molar-refractivity contribution is 7.22. The number of rotatable bonds is 5. The van der Waals surface area contributed by atoms with Crippen LogP contribution in [0.4, 0.5) is 5.13 Å². The van der Waals surface area contributed by atoms with Crippen molar-refractivity contribution in [2.24, 2.45) is 0 Å². The van der Waals surface area contributed by atoms with E-state index in [1.54, 1.807) is 29.5 Å². The van der Waals surface area contributed by atoms with Crippen LogP contribution in [0.5, 0.6) is 0 Å². The molecule has 5 nitrogen and oxygen atoms in total. The molecule has 158 valence electrons. The number of nitrogens with one attached hydrogen (secondary N) is 1. The van der Waals surface area contributed by atoms with Crippen LogP contribution in [0.3, 0.4) is 0 Å². The van der Waals surface area contributed by atoms with E-state index < -0.39 is 0 Å². The molecular weight excluding hydrogens is 439 g/mol. The highest BCUT2D eigenvalue weighted by atomic mass is 35.5. The molecule has 2 aromatic carbocycles. The minimum Gasteiger partial charge on any atom is -0.351 e. The zero-order valence-corrected chi connectivity index (χ0v) is 19.4. The number of halogens is 2. The maximum atomic E-state index is 12.3. The fourth-order valence-electron chi connectivity index (χ4n) is 3.64. The number of benzene rings is 2. The number of anilines is 1. The molecule has 0 saturated carbocycles. The molecule has 1 fully saturated rings. The Morgan fingerprint density at radius 2 is 1.83 bits per heavy atom. The fourth-order valence-corrected chi connectivity index (χ4v) is 5.18. The summed E-state index contributed by atoms with van der Waals surface area (Å²) >= 11 is 13.9. The normalized spacial score (nSPS) is 15.0. The van der Waals surface area contributed by atoms with Crippen molar-refractivity contribution in [1.29, 1.82) is 0 Å². The topological polar surface area (TPSA) is 48.5 Å². The second-order valence-electron chi connectivity index (χ2n) is 7.58. The quantitative estimate of drug-likeness (QED) is 0.592. The predicted molar refractivity (Wildman–Crippen MR) is 127 cm³/mol. The molecule has 1 aliphatic rings. The lowest BCUT2D eigenvalue weighted by atomic mass is 10.1. The average molecular weight is 463 g/mol. The lowest BCUT2D eigenvalue weighted by molar-refractivity contribution is 0.0948. The van der Waals surface area contributed by atoms with Gasteiger partial charge in [-0.15, -0.1) is 0 Å². The van der Waals surface area contributed by atoms with E-state index >= 15 is 0 Å². The second-order valence-corrected chi connectivity index (χ2v) is 9.40. The van der Waals surface area contributed by atoms with Crippen LogP contribution in [0.1, 0.15) is 21.5 Å². The number of hydrogen-bond donors (Lipinski definition) is 1. The molecule has 30 heavy (non-hydrogen) atoms. The molecule has 1 amide bonds. The Morgan fingerprint density at radius 3 is 2.57 bits per heavy atom. The average Bonchev–Trinajstić information content (AvgIpc) is 3.20. The number of thiazole rings is 1. The summed E-state index contributed by atoms with van der Waals surface area (Å²) in [6, 6.07) is 9.23. The third kappa shape index (κ3) is 4.57. The Bertz CT molecular complexity index is 1040. The zero-order valence-electron chi connectivity index (χ0n) is 17.0. The van der Waals surface area contributed by atoms with Gasteiger partial charge < -0.3 is 10.2 Å². The smallest absolute Gasteiger partial charge is 0.252 e. The summed E-state index contributed by atoms with van der Waals surface area (Å²) < 4.78 is 1.29. The highest BCUT2D eigenvalue weighted by Gasteiger charge is 2.21. The van der Waals surface area contributed by atoms with Gasteiger partial charge in [0.25, 0.3) is 5.91 Å². The highest BCUT2D eigenvalue weighted by Crippen LogP contribution is 2.33. The summed E-state index contributed by atoms with van der Waals surface area (Å²) in [4.78, 5) is 22.0. The van der Waals surface area contributed by atoms with Gasteiger partial charge in [-0.05, 0) is 43.2 Å². The Hall–Kier alpha value is -1.86. The number of aromatic nitrogens is 1. The lowest BCUT2D eigenvalue weighted by Gasteiger charge is -2.34. The molecule has 1 N–H and O–H groups in total. The summed E-state index contributed by atoms with van der Waals surface area (Å²) in [6.07, 6.45) is 0. The van der Waals surface area contributed by atoms with Crippen molar-refractivity contribution in [1.82, 2.24) is 15.2 Å². The SMILES string of the molecule is Cc1ccc(C)c2sc(N3CCN(CCNC(=O)c4cc(Cl)ccc4Cl)CC3)nc12. The first-order valence-electron chi connectivity index (χ1n) is 9.99. The molecule has 2 heterocycles. The molecule has 1 aromatic heterocycles. The van der Waals surface area contributed by atoms with Gasteiger partial charge >= 0.3 is 0 Å². The van der Waals surface area contributed by atoms with Crippen LogP contribution < -0.4 is 10.2 Å². The monoisotopic (exact) mass is 462 g/mol. The van der Waals surface area contributed by atoms with Gasteiger partial charge in [0.2, 0.25) is 0 Å². The summed E-state index contributed by atoms with van der Waals surface area (Å²) in [5.41, 5.74) is 4.05. The van der Waals surface area contributed by atoms with Crippen LogP contribution in [0.2, 0.25) is 10.0 Å². The van der Waals surface area contributed by atoms with Crippen LogP contribution in [0, 0.1) is 13.8 Å². The largest absolute Gasteiger partial charge is 0.351 e. The Balaban J connectivity index is 1.29. The van der Waals surface area contributed by atoms with Crippen molar-refractivity contribution >= 4 is 55.8 Å². The van der Waals surface area contributed by atoms with Gasteiger partial charge in [0.05, 0.1) is 20.8 Å². The molecule has 0 spiro atoms. The molecule has 0 unspecified atom stereocenters. The zero-order chi connectivity index (χ0) is 21.3. The molecule has 8 heteroatoms. The van der Waals surface area contributed by atoms with Gasteiger partial charge in [0, 0.05) is 44.3 Å². The van der Waals surface area contributed by atoms with Crippen molar-refractivity contribution in [3.63, 3.8) is 0 Å². The van der Waals surface area contributed by atoms with Gasteiger partial charge in [-0.3, -0.25) is 9.69 Å². The van der Waals surface area contributed by atoms with E-state index in [0.717, 1.165) is 43.4 Å². The van der Waals surface area contributed by atoms with Crippen LogP contribution in [0.25, 0.3) is 10.2 Å². The van der Waals surface area contributed by atoms with E-state index in [2.05, 4.69) is 41.1 Å². The molecule has 3 aromatic rings. The van der Waals surface area contributed by atoms with Crippen LogP contribution >= 0.6 is 34.5 Å². The molecular formula is C22H24Cl2N4OS. The van der Waals surface area contributed by atoms with Crippen LogP contribution in [-0.4, -0.2) is 55.1 Å². The molecule has 1 saturated heterocycles. The van der Waals surface area contributed by atoms with Crippen molar-refractivity contribution in [3.05, 3.63) is 57.1 Å². The van der Waals surface area contributed by atoms with Crippen molar-refractivity contribution in [2.75, 3.05) is 44.2 Å². The number of piperazine rings is 1. The number of hydrogen-bond acceptors (Lipinski definition) is 5. The first-order valence-corrected chi connectivity index (χ1v) is 11.6. The summed E-state index contributed by atoms with van der Waals surface area (Å²) in [6.45, 7) is 9.40. The van der Waals surface area contributed by atoms with E-state index in [-0.39, 0.29) is 5.91 Å². The first kappa shape index (κ1) is 21.4. The number of amides is 1. The van der Waals surface area contributed by atoms with Crippen LogP contribution in [0.15, 0.2) is 30.3 Å². The van der Waals surface area contributed by atoms with E-state index in [0.29, 0.717) is 22.2 Å². The number of nitrogens with zero attached hydrogens (tertiary/aromatic N) is 3. The van der Waals surface area contributed by atoms with E-state index in [1.807, 2.05) is 0 Å². The summed E-state index contributed by atoms with van der Waals surface area (Å²) in [5.74, 6) is -0.193. The molecule has 0 radical (unpaired) electrons.